The Morgan fingerprint density at radius 3 is 2.70 bits per heavy atom. The smallest absolute Gasteiger partial charge is 0.365 e. The van der Waals surface area contributed by atoms with Gasteiger partial charge in [0.15, 0.2) is 11.6 Å². The molecule has 0 aliphatic heterocycles. The molecule has 0 fully saturated rings. The number of ether oxygens (including phenoxy) is 1. The van der Waals surface area contributed by atoms with Gasteiger partial charge in [0, 0.05) is 12.6 Å². The lowest BCUT2D eigenvalue weighted by Crippen LogP contribution is -2.29. The summed E-state index contributed by atoms with van der Waals surface area (Å²) in [6.07, 6.45) is 2.51. The van der Waals surface area contributed by atoms with Gasteiger partial charge in [0.05, 0.1) is 18.8 Å². The van der Waals surface area contributed by atoms with Gasteiger partial charge in [-0.05, 0) is 64.2 Å². The van der Waals surface area contributed by atoms with Gasteiger partial charge in [-0.15, -0.1) is 0 Å². The summed E-state index contributed by atoms with van der Waals surface area (Å²) in [7, 11) is 1.36. The van der Waals surface area contributed by atoms with Gasteiger partial charge >= 0.3 is 5.69 Å². The highest BCUT2D eigenvalue weighted by Gasteiger charge is 2.26. The van der Waals surface area contributed by atoms with E-state index in [2.05, 4.69) is 36.1 Å². The Labute approximate surface area is 208 Å². The molecule has 0 saturated carbocycles. The Morgan fingerprint density at radius 1 is 1.14 bits per heavy atom. The number of aromatic amines is 1. The monoisotopic (exact) mass is 504 g/mol. The minimum Gasteiger partial charge on any atom is -0.494 e. The molecule has 3 N–H and O–H groups in total. The third kappa shape index (κ3) is 4.91. The van der Waals surface area contributed by atoms with E-state index in [9.17, 15) is 18.8 Å². The molecule has 2 heterocycles. The van der Waals surface area contributed by atoms with Gasteiger partial charge in [-0.3, -0.25) is 9.59 Å². The maximum Gasteiger partial charge on any atom is 0.365 e. The van der Waals surface area contributed by atoms with Crippen LogP contribution in [0.4, 0.5) is 4.39 Å². The number of methoxy groups -OCH3 is 1. The third-order valence-corrected chi connectivity index (χ3v) is 6.03. The second-order valence-electron chi connectivity index (χ2n) is 8.31. The summed E-state index contributed by atoms with van der Waals surface area (Å²) in [5.41, 5.74) is 2.74. The first-order chi connectivity index (χ1) is 17.9. The first kappa shape index (κ1) is 23.8. The van der Waals surface area contributed by atoms with Crippen LogP contribution in [-0.4, -0.2) is 49.1 Å². The molecule has 12 nitrogen and oxygen atoms in total. The molecule has 188 valence electrons. The molecule has 4 aromatic rings. The minimum absolute atomic E-state index is 0.0174. The second-order valence-corrected chi connectivity index (χ2v) is 8.31. The number of nitrogens with zero attached hydrogens (tertiary/aromatic N) is 5. The highest BCUT2D eigenvalue weighted by Crippen LogP contribution is 2.32. The lowest BCUT2D eigenvalue weighted by Gasteiger charge is -2.14. The van der Waals surface area contributed by atoms with Crippen molar-refractivity contribution in [3.05, 3.63) is 93.2 Å². The van der Waals surface area contributed by atoms with Crippen molar-refractivity contribution in [2.75, 3.05) is 7.11 Å². The lowest BCUT2D eigenvalue weighted by molar-refractivity contribution is 0.0931. The lowest BCUT2D eigenvalue weighted by atomic mass is 10.1. The van der Waals surface area contributed by atoms with Crippen molar-refractivity contribution >= 4 is 11.8 Å². The van der Waals surface area contributed by atoms with Gasteiger partial charge in [0.1, 0.15) is 17.7 Å². The molecule has 0 bridgehead atoms. The van der Waals surface area contributed by atoms with E-state index in [0.717, 1.165) is 22.1 Å². The van der Waals surface area contributed by atoms with Crippen molar-refractivity contribution in [2.24, 2.45) is 0 Å². The number of aromatic nitrogens is 6. The summed E-state index contributed by atoms with van der Waals surface area (Å²) in [6, 6.07) is 10.7. The van der Waals surface area contributed by atoms with Gasteiger partial charge in [0.25, 0.3) is 11.8 Å². The average molecular weight is 504 g/mol. The highest BCUT2D eigenvalue weighted by atomic mass is 19.1. The van der Waals surface area contributed by atoms with Gasteiger partial charge in [-0.25, -0.2) is 24.3 Å². The number of amides is 2. The Hall–Kier alpha value is -4.94. The maximum atomic E-state index is 13.6. The van der Waals surface area contributed by atoms with Crippen LogP contribution in [0.25, 0.3) is 5.69 Å². The van der Waals surface area contributed by atoms with Crippen LogP contribution in [0.2, 0.25) is 0 Å². The molecule has 0 radical (unpaired) electrons. The standard InChI is InChI=1S/C24H21FN8O4/c1-37-21-8-13(2-6-17(21)25)11-26-22(34)19-10-20(28-12-27-19)23(35)29-18-7-3-14-9-15(4-5-16(14)18)33-24(36)30-31-32-33/h2,4-6,8-10,12,18H,3,7,11H2,1H3,(H,26,34)(H,29,35)(H,30,32,36)/t18-/m0/s1. The van der Waals surface area contributed by atoms with Gasteiger partial charge in [0.2, 0.25) is 0 Å². The van der Waals surface area contributed by atoms with Crippen molar-refractivity contribution in [1.29, 1.82) is 0 Å². The summed E-state index contributed by atoms with van der Waals surface area (Å²) in [5.74, 6) is -1.39. The van der Waals surface area contributed by atoms with E-state index in [4.69, 9.17) is 4.74 Å². The Balaban J connectivity index is 1.24. The second kappa shape index (κ2) is 9.97. The molecule has 0 saturated heterocycles. The number of carbonyl (C=O) groups excluding carboxylic acids is 2. The largest absolute Gasteiger partial charge is 0.494 e. The van der Waals surface area contributed by atoms with Crippen LogP contribution in [0.15, 0.2) is 53.6 Å². The Bertz CT molecular complexity index is 1550. The topological polar surface area (TPSA) is 157 Å². The van der Waals surface area contributed by atoms with Crippen molar-refractivity contribution in [3.63, 3.8) is 0 Å². The zero-order chi connectivity index (χ0) is 25.9. The van der Waals surface area contributed by atoms with Crippen molar-refractivity contribution in [2.45, 2.75) is 25.4 Å². The first-order valence-corrected chi connectivity index (χ1v) is 11.3. The highest BCUT2D eigenvalue weighted by molar-refractivity contribution is 5.97. The van der Waals surface area contributed by atoms with Crippen LogP contribution in [0, 0.1) is 5.82 Å². The maximum absolute atomic E-state index is 13.6. The summed E-state index contributed by atoms with van der Waals surface area (Å²) in [6.45, 7) is 0.113. The predicted octanol–water partition coefficient (Wildman–Crippen LogP) is 1.24. The van der Waals surface area contributed by atoms with Crippen LogP contribution < -0.4 is 21.1 Å². The van der Waals surface area contributed by atoms with Gasteiger partial charge in [-0.2, -0.15) is 4.68 Å². The summed E-state index contributed by atoms with van der Waals surface area (Å²) >= 11 is 0. The molecule has 0 spiro atoms. The summed E-state index contributed by atoms with van der Waals surface area (Å²) in [5, 5.41) is 15.1. The van der Waals surface area contributed by atoms with Crippen molar-refractivity contribution in [3.8, 4) is 11.4 Å². The van der Waals surface area contributed by atoms with E-state index in [0.29, 0.717) is 24.1 Å². The number of nitrogens with one attached hydrogen (secondary N) is 3. The molecular formula is C24H21FN8O4. The number of tetrazole rings is 1. The molecule has 37 heavy (non-hydrogen) atoms. The molecule has 1 atom stereocenters. The van der Waals surface area contributed by atoms with E-state index >= 15 is 0 Å². The number of H-pyrrole nitrogens is 1. The fourth-order valence-corrected chi connectivity index (χ4v) is 4.18. The molecule has 1 aliphatic carbocycles. The number of carbonyl (C=O) groups is 2. The van der Waals surface area contributed by atoms with Crippen LogP contribution in [0.1, 0.15) is 50.1 Å². The van der Waals surface area contributed by atoms with Gasteiger partial charge < -0.3 is 15.4 Å². The fourth-order valence-electron chi connectivity index (χ4n) is 4.18. The molecule has 2 aromatic carbocycles. The third-order valence-electron chi connectivity index (χ3n) is 6.03. The molecule has 5 rings (SSSR count). The van der Waals surface area contributed by atoms with Crippen LogP contribution in [0.5, 0.6) is 5.75 Å². The zero-order valence-electron chi connectivity index (χ0n) is 19.6. The summed E-state index contributed by atoms with van der Waals surface area (Å²) in [4.78, 5) is 45.3. The van der Waals surface area contributed by atoms with Crippen LogP contribution in [0.3, 0.4) is 0 Å². The quantitative estimate of drug-likeness (QED) is 0.339. The van der Waals surface area contributed by atoms with Crippen molar-refractivity contribution < 1.29 is 18.7 Å². The first-order valence-electron chi connectivity index (χ1n) is 11.3. The molecular weight excluding hydrogens is 483 g/mol. The average Bonchev–Trinajstić information content (AvgIpc) is 3.53. The predicted molar refractivity (Wildman–Crippen MR) is 127 cm³/mol. The zero-order valence-corrected chi connectivity index (χ0v) is 19.6. The number of hydrogen-bond donors (Lipinski definition) is 3. The summed E-state index contributed by atoms with van der Waals surface area (Å²) < 4.78 is 19.7. The SMILES string of the molecule is COc1cc(CNC(=O)c2cc(C(=O)N[C@H]3CCc4cc(-n5nn[nH]c5=O)ccc43)ncn2)ccc1F. The normalized spacial score (nSPS) is 14.2. The molecule has 0 unspecified atom stereocenters. The van der Waals surface area contributed by atoms with Crippen LogP contribution in [-0.2, 0) is 13.0 Å². The number of halogens is 1. The van der Waals surface area contributed by atoms with Gasteiger partial charge in [-0.1, -0.05) is 12.1 Å². The van der Waals surface area contributed by atoms with E-state index in [1.54, 1.807) is 6.07 Å². The Kier molecular flexibility index (Phi) is 6.41. The molecule has 1 aliphatic rings. The van der Waals surface area contributed by atoms with E-state index < -0.39 is 23.3 Å². The molecule has 13 heteroatoms. The van der Waals surface area contributed by atoms with E-state index in [1.165, 1.54) is 31.4 Å². The molecule has 2 amide bonds. The van der Waals surface area contributed by atoms with Crippen LogP contribution >= 0.6 is 0 Å². The number of aryl methyl sites for hydroxylation is 1. The number of hydrogen-bond acceptors (Lipinski definition) is 8. The van der Waals surface area contributed by atoms with E-state index in [-0.39, 0.29) is 29.7 Å². The number of fused-ring (bicyclic) bond motifs is 1. The molecule has 2 aromatic heterocycles. The Morgan fingerprint density at radius 2 is 1.95 bits per heavy atom. The van der Waals surface area contributed by atoms with Crippen molar-refractivity contribution in [1.82, 2.24) is 40.8 Å². The number of benzene rings is 2. The minimum atomic E-state index is -0.512. The van der Waals surface area contributed by atoms with E-state index in [1.807, 2.05) is 12.1 Å². The number of rotatable bonds is 7. The fraction of sp³-hybridized carbons (Fsp3) is 0.208.